The quantitative estimate of drug-likeness (QED) is 0.279. The molecule has 0 atom stereocenters. The predicted molar refractivity (Wildman–Crippen MR) is 119 cm³/mol. The maximum Gasteiger partial charge on any atom is 0.310 e. The molecule has 9 nitrogen and oxygen atoms in total. The summed E-state index contributed by atoms with van der Waals surface area (Å²) in [7, 11) is 1.33. The average molecular weight is 473 g/mol. The SMILES string of the molecule is Cn1c(-c2cc(F)cc(CF)c2)cc(C(=O)NCCCOc2ccccc2[N+](=O)[O-])c(O)c1=O. The topological polar surface area (TPSA) is 124 Å². The van der Waals surface area contributed by atoms with Gasteiger partial charge in [0.05, 0.1) is 22.8 Å². The normalized spacial score (nSPS) is 10.7. The number of halogens is 2. The van der Waals surface area contributed by atoms with Gasteiger partial charge in [-0.25, -0.2) is 8.78 Å². The van der Waals surface area contributed by atoms with Gasteiger partial charge in [0.25, 0.3) is 11.5 Å². The largest absolute Gasteiger partial charge is 0.502 e. The molecule has 2 aromatic carbocycles. The van der Waals surface area contributed by atoms with Crippen LogP contribution < -0.4 is 15.6 Å². The zero-order chi connectivity index (χ0) is 24.8. The number of hydrogen-bond acceptors (Lipinski definition) is 6. The average Bonchev–Trinajstić information content (AvgIpc) is 2.82. The van der Waals surface area contributed by atoms with Crippen LogP contribution in [-0.4, -0.2) is 33.7 Å². The third kappa shape index (κ3) is 5.37. The standard InChI is InChI=1S/C23H21F2N3O6/c1-27-19(15-9-14(13-24)10-16(25)11-15)12-17(21(29)23(27)31)22(30)26-7-4-8-34-20-6-3-2-5-18(20)28(32)33/h2-3,5-6,9-12,29H,4,7-8,13H2,1H3,(H,26,30). The summed E-state index contributed by atoms with van der Waals surface area (Å²) in [4.78, 5) is 35.5. The van der Waals surface area contributed by atoms with Crippen molar-refractivity contribution in [3.05, 3.63) is 85.9 Å². The lowest BCUT2D eigenvalue weighted by atomic mass is 10.0. The van der Waals surface area contributed by atoms with Gasteiger partial charge in [-0.3, -0.25) is 19.7 Å². The molecular weight excluding hydrogens is 452 g/mol. The van der Waals surface area contributed by atoms with Gasteiger partial charge < -0.3 is 19.7 Å². The maximum absolute atomic E-state index is 13.9. The number of hydrogen-bond donors (Lipinski definition) is 2. The Morgan fingerprint density at radius 3 is 2.68 bits per heavy atom. The molecule has 11 heteroatoms. The molecule has 0 bridgehead atoms. The van der Waals surface area contributed by atoms with Gasteiger partial charge in [0.15, 0.2) is 11.5 Å². The van der Waals surface area contributed by atoms with E-state index in [1.165, 1.54) is 37.4 Å². The number of alkyl halides is 1. The highest BCUT2D eigenvalue weighted by Crippen LogP contribution is 2.26. The fourth-order valence-corrected chi connectivity index (χ4v) is 3.29. The van der Waals surface area contributed by atoms with Crippen molar-refractivity contribution in [2.75, 3.05) is 13.2 Å². The summed E-state index contributed by atoms with van der Waals surface area (Å²) in [5.41, 5.74) is -1.06. The van der Waals surface area contributed by atoms with Crippen LogP contribution in [0.15, 0.2) is 53.3 Å². The third-order valence-electron chi connectivity index (χ3n) is 4.98. The number of amides is 1. The second-order valence-electron chi connectivity index (χ2n) is 7.32. The van der Waals surface area contributed by atoms with Gasteiger partial charge in [-0.1, -0.05) is 12.1 Å². The monoisotopic (exact) mass is 473 g/mol. The molecule has 0 aliphatic carbocycles. The summed E-state index contributed by atoms with van der Waals surface area (Å²) >= 11 is 0. The molecule has 0 spiro atoms. The molecule has 0 radical (unpaired) electrons. The third-order valence-corrected chi connectivity index (χ3v) is 4.98. The summed E-state index contributed by atoms with van der Waals surface area (Å²) in [6.45, 7) is -0.776. The van der Waals surface area contributed by atoms with E-state index < -0.39 is 34.6 Å². The van der Waals surface area contributed by atoms with Crippen molar-refractivity contribution >= 4 is 11.6 Å². The van der Waals surface area contributed by atoms with Gasteiger partial charge in [0.1, 0.15) is 12.5 Å². The summed E-state index contributed by atoms with van der Waals surface area (Å²) < 4.78 is 33.3. The van der Waals surface area contributed by atoms with Crippen molar-refractivity contribution in [1.82, 2.24) is 9.88 Å². The number of para-hydroxylation sites is 2. The molecule has 1 heterocycles. The van der Waals surface area contributed by atoms with Crippen LogP contribution in [0.2, 0.25) is 0 Å². The van der Waals surface area contributed by atoms with Crippen molar-refractivity contribution in [2.45, 2.75) is 13.1 Å². The number of nitrogens with zero attached hydrogens (tertiary/aromatic N) is 2. The van der Waals surface area contributed by atoms with Gasteiger partial charge >= 0.3 is 5.69 Å². The molecule has 3 rings (SSSR count). The number of benzene rings is 2. The molecule has 34 heavy (non-hydrogen) atoms. The number of nitrogens with one attached hydrogen (secondary N) is 1. The first-order valence-corrected chi connectivity index (χ1v) is 10.2. The number of nitro groups is 1. The number of carbonyl (C=O) groups is 1. The van der Waals surface area contributed by atoms with E-state index in [1.54, 1.807) is 6.07 Å². The number of ether oxygens (including phenoxy) is 1. The van der Waals surface area contributed by atoms with E-state index in [9.17, 15) is 33.6 Å². The Labute approximate surface area is 192 Å². The van der Waals surface area contributed by atoms with Crippen LogP contribution in [0.4, 0.5) is 14.5 Å². The molecule has 0 aliphatic heterocycles. The highest BCUT2D eigenvalue weighted by molar-refractivity contribution is 5.97. The van der Waals surface area contributed by atoms with Gasteiger partial charge in [0.2, 0.25) is 0 Å². The first-order chi connectivity index (χ1) is 16.2. The smallest absolute Gasteiger partial charge is 0.310 e. The minimum atomic E-state index is -0.918. The lowest BCUT2D eigenvalue weighted by molar-refractivity contribution is -0.385. The number of pyridine rings is 1. The van der Waals surface area contributed by atoms with Gasteiger partial charge in [-0.05, 0) is 42.3 Å². The Morgan fingerprint density at radius 2 is 1.97 bits per heavy atom. The van der Waals surface area contributed by atoms with Crippen molar-refractivity contribution in [1.29, 1.82) is 0 Å². The first-order valence-electron chi connectivity index (χ1n) is 10.2. The first kappa shape index (κ1) is 24.4. The highest BCUT2D eigenvalue weighted by atomic mass is 19.1. The zero-order valence-electron chi connectivity index (χ0n) is 18.1. The van der Waals surface area contributed by atoms with E-state index in [-0.39, 0.29) is 53.4 Å². The molecule has 2 N–H and O–H groups in total. The number of rotatable bonds is 9. The summed E-state index contributed by atoms with van der Waals surface area (Å²) in [5, 5.41) is 23.7. The van der Waals surface area contributed by atoms with Crippen LogP contribution in [-0.2, 0) is 13.7 Å². The molecular formula is C23H21F2N3O6. The van der Waals surface area contributed by atoms with Crippen LogP contribution in [0, 0.1) is 15.9 Å². The van der Waals surface area contributed by atoms with Crippen LogP contribution in [0.25, 0.3) is 11.3 Å². The molecule has 0 fully saturated rings. The second kappa shape index (κ2) is 10.6. The van der Waals surface area contributed by atoms with Gasteiger partial charge in [-0.15, -0.1) is 0 Å². The van der Waals surface area contributed by atoms with Crippen LogP contribution in [0.1, 0.15) is 22.3 Å². The number of aromatic nitrogens is 1. The zero-order valence-corrected chi connectivity index (χ0v) is 18.1. The van der Waals surface area contributed by atoms with Crippen LogP contribution in [0.5, 0.6) is 11.5 Å². The van der Waals surface area contributed by atoms with E-state index in [2.05, 4.69) is 5.32 Å². The molecule has 0 aliphatic rings. The fraction of sp³-hybridized carbons (Fsp3) is 0.217. The van der Waals surface area contributed by atoms with E-state index >= 15 is 0 Å². The summed E-state index contributed by atoms with van der Waals surface area (Å²) in [5.74, 6) is -2.17. The van der Waals surface area contributed by atoms with E-state index in [0.29, 0.717) is 0 Å². The Bertz CT molecular complexity index is 1290. The predicted octanol–water partition coefficient (Wildman–Crippen LogP) is 3.47. The number of carbonyl (C=O) groups excluding carboxylic acids is 1. The molecule has 1 amide bonds. The second-order valence-corrected chi connectivity index (χ2v) is 7.32. The fourth-order valence-electron chi connectivity index (χ4n) is 3.29. The molecule has 178 valence electrons. The molecule has 0 saturated heterocycles. The van der Waals surface area contributed by atoms with Crippen molar-refractivity contribution < 1.29 is 28.3 Å². The van der Waals surface area contributed by atoms with Gasteiger partial charge in [-0.2, -0.15) is 0 Å². The Morgan fingerprint density at radius 1 is 1.24 bits per heavy atom. The molecule has 3 aromatic rings. The minimum absolute atomic E-state index is 0.0557. The van der Waals surface area contributed by atoms with Crippen molar-refractivity contribution in [3.63, 3.8) is 0 Å². The Balaban J connectivity index is 1.71. The van der Waals surface area contributed by atoms with E-state index in [4.69, 9.17) is 4.74 Å². The van der Waals surface area contributed by atoms with E-state index in [0.717, 1.165) is 16.7 Å². The number of aromatic hydroxyl groups is 1. The maximum atomic E-state index is 13.9. The molecule has 0 saturated carbocycles. The van der Waals surface area contributed by atoms with Crippen LogP contribution in [0.3, 0.4) is 0 Å². The Hall–Kier alpha value is -4.28. The summed E-state index contributed by atoms with van der Waals surface area (Å²) in [6.07, 6.45) is 0.278. The molecule has 0 unspecified atom stereocenters. The van der Waals surface area contributed by atoms with Crippen LogP contribution >= 0.6 is 0 Å². The lowest BCUT2D eigenvalue weighted by Crippen LogP contribution is -2.29. The lowest BCUT2D eigenvalue weighted by Gasteiger charge is -2.14. The summed E-state index contributed by atoms with van der Waals surface area (Å²) in [6, 6.07) is 10.5. The minimum Gasteiger partial charge on any atom is -0.502 e. The molecule has 1 aromatic heterocycles. The highest BCUT2D eigenvalue weighted by Gasteiger charge is 2.19. The van der Waals surface area contributed by atoms with Gasteiger partial charge in [0, 0.05) is 25.2 Å². The number of nitro benzene ring substituents is 1. The van der Waals surface area contributed by atoms with E-state index in [1.807, 2.05) is 0 Å². The van der Waals surface area contributed by atoms with Crippen molar-refractivity contribution in [3.8, 4) is 22.8 Å². The Kier molecular flexibility index (Phi) is 7.57. The van der Waals surface area contributed by atoms with Crippen molar-refractivity contribution in [2.24, 2.45) is 7.05 Å².